The van der Waals surface area contributed by atoms with Crippen molar-refractivity contribution in [2.45, 2.75) is 18.7 Å². The zero-order valence-corrected chi connectivity index (χ0v) is 12.7. The number of carbonyl (C=O) groups is 1. The molecule has 0 radical (unpaired) electrons. The molecule has 0 heterocycles. The Labute approximate surface area is 119 Å². The van der Waals surface area contributed by atoms with Crippen LogP contribution < -0.4 is 0 Å². The van der Waals surface area contributed by atoms with E-state index in [-0.39, 0.29) is 10.2 Å². The van der Waals surface area contributed by atoms with Crippen molar-refractivity contribution < 1.29 is 22.7 Å². The molecule has 4 nitrogen and oxygen atoms in total. The minimum atomic E-state index is -3.91. The molecule has 0 spiro atoms. The number of hydrogen-bond acceptors (Lipinski definition) is 3. The smallest absolute Gasteiger partial charge is 0.338 e. The highest BCUT2D eigenvalue weighted by Gasteiger charge is 2.24. The predicted octanol–water partition coefficient (Wildman–Crippen LogP) is 3.03. The second kappa shape index (κ2) is 5.83. The van der Waals surface area contributed by atoms with Gasteiger partial charge in [-0.05, 0) is 26.0 Å². The summed E-state index contributed by atoms with van der Waals surface area (Å²) in [5, 5.41) is 8.83. The van der Waals surface area contributed by atoms with E-state index in [4.69, 9.17) is 5.11 Å². The van der Waals surface area contributed by atoms with Crippen LogP contribution >= 0.6 is 15.9 Å². The van der Waals surface area contributed by atoms with Crippen molar-refractivity contribution >= 4 is 31.7 Å². The lowest BCUT2D eigenvalue weighted by Crippen LogP contribution is -2.11. The number of benzene rings is 1. The van der Waals surface area contributed by atoms with Crippen LogP contribution in [0.1, 0.15) is 24.2 Å². The van der Waals surface area contributed by atoms with Crippen LogP contribution in [0.5, 0.6) is 0 Å². The van der Waals surface area contributed by atoms with E-state index in [2.05, 4.69) is 15.9 Å². The summed E-state index contributed by atoms with van der Waals surface area (Å²) in [5.74, 6) is -3.13. The molecule has 0 aliphatic carbocycles. The lowest BCUT2D eigenvalue weighted by Gasteiger charge is -2.07. The van der Waals surface area contributed by atoms with Gasteiger partial charge in [0.05, 0.1) is 11.3 Å². The van der Waals surface area contributed by atoms with E-state index in [1.54, 1.807) is 13.8 Å². The molecule has 0 aliphatic heterocycles. The largest absolute Gasteiger partial charge is 0.478 e. The van der Waals surface area contributed by atoms with Crippen LogP contribution in [0.15, 0.2) is 33.2 Å². The summed E-state index contributed by atoms with van der Waals surface area (Å²) >= 11 is 2.98. The minimum absolute atomic E-state index is 0.196. The molecular formula is C12H12BrFO4S. The average molecular weight is 351 g/mol. The average Bonchev–Trinajstić information content (AvgIpc) is 2.28. The van der Waals surface area contributed by atoms with E-state index in [1.165, 1.54) is 6.08 Å². The fourth-order valence-corrected chi connectivity index (χ4v) is 3.34. The Morgan fingerprint density at radius 3 is 2.47 bits per heavy atom. The van der Waals surface area contributed by atoms with E-state index < -0.39 is 32.1 Å². The van der Waals surface area contributed by atoms with Crippen LogP contribution in [0, 0.1) is 5.82 Å². The Bertz CT molecular complexity index is 646. The lowest BCUT2D eigenvalue weighted by atomic mass is 10.2. The van der Waals surface area contributed by atoms with Crippen LogP contribution in [0.25, 0.3) is 0 Å². The van der Waals surface area contributed by atoms with E-state index in [9.17, 15) is 17.6 Å². The Morgan fingerprint density at radius 1 is 1.42 bits per heavy atom. The summed E-state index contributed by atoms with van der Waals surface area (Å²) in [5.41, 5.74) is 0.0996. The number of rotatable bonds is 4. The third kappa shape index (κ3) is 3.87. The number of carboxylic acid groups (broad SMARTS) is 1. The molecule has 0 aromatic heterocycles. The number of hydrogen-bond donors (Lipinski definition) is 1. The molecule has 0 saturated carbocycles. The molecule has 0 bridgehead atoms. The number of allylic oxidation sites excluding steroid dienone is 1. The van der Waals surface area contributed by atoms with E-state index >= 15 is 0 Å². The first-order chi connectivity index (χ1) is 8.65. The molecule has 0 atom stereocenters. The van der Waals surface area contributed by atoms with Gasteiger partial charge in [-0.15, -0.1) is 0 Å². The molecule has 104 valence electrons. The standard InChI is InChI=1S/C12H12BrFO4S/c1-7(2)3-4-19(17,18)10-6-8(13)5-9(11(10)14)12(15)16/h3,5-6H,4H2,1-2H3,(H,15,16). The quantitative estimate of drug-likeness (QED) is 0.847. The van der Waals surface area contributed by atoms with Crippen molar-refractivity contribution in [2.24, 2.45) is 0 Å². The molecule has 1 rings (SSSR count). The number of carboxylic acids is 1. The zero-order chi connectivity index (χ0) is 14.8. The Hall–Kier alpha value is -1.21. The number of sulfone groups is 1. The third-order valence-electron chi connectivity index (χ3n) is 2.28. The third-order valence-corrected chi connectivity index (χ3v) is 4.31. The second-order valence-electron chi connectivity index (χ2n) is 4.13. The molecular weight excluding hydrogens is 339 g/mol. The molecule has 7 heteroatoms. The fraction of sp³-hybridized carbons (Fsp3) is 0.250. The first kappa shape index (κ1) is 15.8. The fourth-order valence-electron chi connectivity index (χ4n) is 1.31. The van der Waals surface area contributed by atoms with Gasteiger partial charge in [-0.2, -0.15) is 0 Å². The van der Waals surface area contributed by atoms with E-state index in [1.807, 2.05) is 0 Å². The van der Waals surface area contributed by atoms with Crippen molar-refractivity contribution in [3.05, 3.63) is 39.6 Å². The van der Waals surface area contributed by atoms with Gasteiger partial charge in [0.1, 0.15) is 4.90 Å². The monoisotopic (exact) mass is 350 g/mol. The first-order valence-electron chi connectivity index (χ1n) is 5.23. The zero-order valence-electron chi connectivity index (χ0n) is 10.3. The van der Waals surface area contributed by atoms with Gasteiger partial charge in [-0.1, -0.05) is 27.6 Å². The van der Waals surface area contributed by atoms with Gasteiger partial charge in [0.2, 0.25) is 0 Å². The molecule has 19 heavy (non-hydrogen) atoms. The summed E-state index contributed by atoms with van der Waals surface area (Å²) in [6.07, 6.45) is 1.44. The van der Waals surface area contributed by atoms with Gasteiger partial charge in [0.15, 0.2) is 15.7 Å². The molecule has 0 unspecified atom stereocenters. The molecule has 0 fully saturated rings. The number of halogens is 2. The molecule has 0 saturated heterocycles. The van der Waals surface area contributed by atoms with Gasteiger partial charge in [-0.3, -0.25) is 0 Å². The van der Waals surface area contributed by atoms with Crippen molar-refractivity contribution in [2.75, 3.05) is 5.75 Å². The van der Waals surface area contributed by atoms with Crippen LogP contribution in [0.2, 0.25) is 0 Å². The van der Waals surface area contributed by atoms with Crippen LogP contribution in [-0.2, 0) is 9.84 Å². The highest BCUT2D eigenvalue weighted by Crippen LogP contribution is 2.25. The Morgan fingerprint density at radius 2 is 2.00 bits per heavy atom. The van der Waals surface area contributed by atoms with Crippen LogP contribution in [0.3, 0.4) is 0 Å². The molecule has 0 amide bonds. The SMILES string of the molecule is CC(C)=CCS(=O)(=O)c1cc(Br)cc(C(=O)O)c1F. The first-order valence-corrected chi connectivity index (χ1v) is 7.68. The normalized spacial score (nSPS) is 11.2. The maximum absolute atomic E-state index is 13.9. The maximum atomic E-state index is 13.9. The van der Waals surface area contributed by atoms with Crippen molar-refractivity contribution in [1.29, 1.82) is 0 Å². The van der Waals surface area contributed by atoms with E-state index in [0.717, 1.165) is 17.7 Å². The van der Waals surface area contributed by atoms with Crippen LogP contribution in [-0.4, -0.2) is 25.2 Å². The van der Waals surface area contributed by atoms with Crippen molar-refractivity contribution in [1.82, 2.24) is 0 Å². The van der Waals surface area contributed by atoms with E-state index in [0.29, 0.717) is 0 Å². The maximum Gasteiger partial charge on any atom is 0.338 e. The summed E-state index contributed by atoms with van der Waals surface area (Å²) in [4.78, 5) is 10.2. The predicted molar refractivity (Wildman–Crippen MR) is 72.5 cm³/mol. The molecule has 1 aromatic rings. The van der Waals surface area contributed by atoms with Gasteiger partial charge in [0, 0.05) is 4.47 Å². The summed E-state index contributed by atoms with van der Waals surface area (Å²) in [7, 11) is -3.91. The van der Waals surface area contributed by atoms with Gasteiger partial charge in [-0.25, -0.2) is 17.6 Å². The Balaban J connectivity index is 3.43. The highest BCUT2D eigenvalue weighted by atomic mass is 79.9. The van der Waals surface area contributed by atoms with Gasteiger partial charge >= 0.3 is 5.97 Å². The van der Waals surface area contributed by atoms with Crippen molar-refractivity contribution in [3.63, 3.8) is 0 Å². The Kier molecular flexibility index (Phi) is 4.86. The summed E-state index contributed by atoms with van der Waals surface area (Å²) < 4.78 is 38.1. The summed E-state index contributed by atoms with van der Waals surface area (Å²) in [6.45, 7) is 3.44. The van der Waals surface area contributed by atoms with Gasteiger partial charge in [0.25, 0.3) is 0 Å². The second-order valence-corrected chi connectivity index (χ2v) is 7.05. The molecule has 1 aromatic carbocycles. The van der Waals surface area contributed by atoms with Gasteiger partial charge < -0.3 is 5.11 Å². The van der Waals surface area contributed by atoms with Crippen molar-refractivity contribution in [3.8, 4) is 0 Å². The highest BCUT2D eigenvalue weighted by molar-refractivity contribution is 9.10. The number of aromatic carboxylic acids is 1. The van der Waals surface area contributed by atoms with Crippen LogP contribution in [0.4, 0.5) is 4.39 Å². The molecule has 0 aliphatic rings. The lowest BCUT2D eigenvalue weighted by molar-refractivity contribution is 0.0691. The topological polar surface area (TPSA) is 71.4 Å². The minimum Gasteiger partial charge on any atom is -0.478 e. The summed E-state index contributed by atoms with van der Waals surface area (Å²) in [6, 6.07) is 2.09. The molecule has 1 N–H and O–H groups in total.